The predicted molar refractivity (Wildman–Crippen MR) is 56.7 cm³/mol. The van der Waals surface area contributed by atoms with Gasteiger partial charge in [-0.15, -0.1) is 0 Å². The summed E-state index contributed by atoms with van der Waals surface area (Å²) in [5.74, 6) is -1.07. The molecule has 0 saturated heterocycles. The highest BCUT2D eigenvalue weighted by molar-refractivity contribution is 7.86. The van der Waals surface area contributed by atoms with Gasteiger partial charge in [0.25, 0.3) is 10.1 Å². The van der Waals surface area contributed by atoms with E-state index in [0.717, 1.165) is 13.2 Å². The van der Waals surface area contributed by atoms with E-state index in [1.165, 1.54) is 0 Å². The van der Waals surface area contributed by atoms with Crippen molar-refractivity contribution in [2.45, 2.75) is 24.5 Å². The molecule has 0 radical (unpaired) electrons. The van der Waals surface area contributed by atoms with Crippen molar-refractivity contribution >= 4 is 16.1 Å². The molecule has 0 heterocycles. The number of esters is 1. The molecular weight excluding hydrogens is 271 g/mol. The number of aliphatic hydroxyl groups is 2. The zero-order valence-electron chi connectivity index (χ0n) is 9.61. The zero-order chi connectivity index (χ0) is 14.1. The number of aliphatic hydroxyl groups excluding tert-OH is 2. The standard InChI is InChI=1S/C9H13FO7S/c1-16-9(13)4-3-5(11)7(12)8(6(4)10)17-18(2,14)15/h3,5-8,11-12H,1-2H3/t5-,6+,7-,8-/m1/s1. The van der Waals surface area contributed by atoms with E-state index in [2.05, 4.69) is 8.92 Å². The summed E-state index contributed by atoms with van der Waals surface area (Å²) in [5.41, 5.74) is -0.594. The van der Waals surface area contributed by atoms with Crippen LogP contribution in [0.15, 0.2) is 11.6 Å². The molecule has 9 heteroatoms. The van der Waals surface area contributed by atoms with E-state index in [-0.39, 0.29) is 0 Å². The summed E-state index contributed by atoms with van der Waals surface area (Å²) < 4.78 is 44.3. The van der Waals surface area contributed by atoms with Crippen LogP contribution in [0.3, 0.4) is 0 Å². The minimum atomic E-state index is -4.06. The molecule has 104 valence electrons. The normalized spacial score (nSPS) is 32.8. The van der Waals surface area contributed by atoms with Gasteiger partial charge in [0.2, 0.25) is 0 Å². The summed E-state index contributed by atoms with van der Waals surface area (Å²) in [7, 11) is -3.06. The van der Waals surface area contributed by atoms with Gasteiger partial charge in [-0.3, -0.25) is 4.18 Å². The molecule has 0 fully saturated rings. The minimum absolute atomic E-state index is 0.594. The van der Waals surface area contributed by atoms with Gasteiger partial charge in [-0.1, -0.05) is 0 Å². The van der Waals surface area contributed by atoms with Crippen molar-refractivity contribution < 1.29 is 36.7 Å². The van der Waals surface area contributed by atoms with E-state index >= 15 is 0 Å². The smallest absolute Gasteiger partial charge is 0.336 e. The Kier molecular flexibility index (Phi) is 4.43. The van der Waals surface area contributed by atoms with Crippen LogP contribution in [0, 0.1) is 0 Å². The van der Waals surface area contributed by atoms with Crippen LogP contribution in [0.4, 0.5) is 4.39 Å². The number of halogens is 1. The predicted octanol–water partition coefficient (Wildman–Crippen LogP) is -1.50. The molecule has 2 N–H and O–H groups in total. The average molecular weight is 284 g/mol. The minimum Gasteiger partial charge on any atom is -0.466 e. The third-order valence-electron chi connectivity index (χ3n) is 2.33. The van der Waals surface area contributed by atoms with Crippen LogP contribution >= 0.6 is 0 Å². The van der Waals surface area contributed by atoms with Crippen molar-refractivity contribution in [1.29, 1.82) is 0 Å². The molecule has 0 spiro atoms. The fourth-order valence-electron chi connectivity index (χ4n) is 1.52. The first kappa shape index (κ1) is 15.0. The van der Waals surface area contributed by atoms with E-state index < -0.39 is 46.1 Å². The first-order chi connectivity index (χ1) is 8.17. The van der Waals surface area contributed by atoms with Crippen LogP contribution in [-0.4, -0.2) is 62.4 Å². The number of rotatable bonds is 3. The molecule has 0 aliphatic heterocycles. The largest absolute Gasteiger partial charge is 0.466 e. The van der Waals surface area contributed by atoms with Gasteiger partial charge in [-0.05, 0) is 6.08 Å². The number of alkyl halides is 1. The number of ether oxygens (including phenoxy) is 1. The molecule has 7 nitrogen and oxygen atoms in total. The average Bonchev–Trinajstić information content (AvgIpc) is 2.27. The van der Waals surface area contributed by atoms with Crippen molar-refractivity contribution in [3.63, 3.8) is 0 Å². The highest BCUT2D eigenvalue weighted by atomic mass is 32.2. The maximum absolute atomic E-state index is 13.9. The van der Waals surface area contributed by atoms with Crippen LogP contribution < -0.4 is 0 Å². The Morgan fingerprint density at radius 2 is 2.00 bits per heavy atom. The number of methoxy groups -OCH3 is 1. The fourth-order valence-corrected chi connectivity index (χ4v) is 2.14. The Bertz CT molecular complexity index is 458. The van der Waals surface area contributed by atoms with E-state index in [1.807, 2.05) is 0 Å². The number of hydrogen-bond acceptors (Lipinski definition) is 7. The molecule has 0 amide bonds. The monoisotopic (exact) mass is 284 g/mol. The van der Waals surface area contributed by atoms with Crippen molar-refractivity contribution in [2.75, 3.05) is 13.4 Å². The van der Waals surface area contributed by atoms with Crippen molar-refractivity contribution in [3.05, 3.63) is 11.6 Å². The lowest BCUT2D eigenvalue weighted by atomic mass is 9.90. The molecule has 0 unspecified atom stereocenters. The van der Waals surface area contributed by atoms with Gasteiger partial charge in [0.05, 0.1) is 18.9 Å². The molecule has 1 aliphatic carbocycles. The molecule has 0 aromatic carbocycles. The topological polar surface area (TPSA) is 110 Å². The summed E-state index contributed by atoms with van der Waals surface area (Å²) in [4.78, 5) is 11.2. The van der Waals surface area contributed by atoms with Crippen LogP contribution in [-0.2, 0) is 23.8 Å². The van der Waals surface area contributed by atoms with Gasteiger partial charge in [0.1, 0.15) is 18.3 Å². The summed E-state index contributed by atoms with van der Waals surface area (Å²) in [6.07, 6.45) is -6.11. The zero-order valence-corrected chi connectivity index (χ0v) is 10.4. The van der Waals surface area contributed by atoms with Crippen molar-refractivity contribution in [2.24, 2.45) is 0 Å². The molecular formula is C9H13FO7S. The summed E-state index contributed by atoms with van der Waals surface area (Å²) in [6.45, 7) is 0. The molecule has 0 saturated carbocycles. The van der Waals surface area contributed by atoms with Gasteiger partial charge in [-0.25, -0.2) is 9.18 Å². The lowest BCUT2D eigenvalue weighted by molar-refractivity contribution is -0.139. The Morgan fingerprint density at radius 3 is 2.44 bits per heavy atom. The molecule has 18 heavy (non-hydrogen) atoms. The number of carbonyl (C=O) groups is 1. The van der Waals surface area contributed by atoms with E-state index in [0.29, 0.717) is 6.26 Å². The molecule has 0 aromatic heterocycles. The third-order valence-corrected chi connectivity index (χ3v) is 2.90. The van der Waals surface area contributed by atoms with E-state index in [1.54, 1.807) is 0 Å². The van der Waals surface area contributed by atoms with Gasteiger partial charge < -0.3 is 14.9 Å². The van der Waals surface area contributed by atoms with Gasteiger partial charge >= 0.3 is 5.97 Å². The van der Waals surface area contributed by atoms with Crippen molar-refractivity contribution in [1.82, 2.24) is 0 Å². The van der Waals surface area contributed by atoms with Gasteiger partial charge in [-0.2, -0.15) is 8.42 Å². The highest BCUT2D eigenvalue weighted by Crippen LogP contribution is 2.27. The Hall–Kier alpha value is -1.03. The maximum atomic E-state index is 13.9. The van der Waals surface area contributed by atoms with Gasteiger partial charge in [0.15, 0.2) is 6.17 Å². The molecule has 0 bridgehead atoms. The van der Waals surface area contributed by atoms with E-state index in [4.69, 9.17) is 0 Å². The number of carbonyl (C=O) groups excluding carboxylic acids is 1. The van der Waals surface area contributed by atoms with Gasteiger partial charge in [0, 0.05) is 0 Å². The second kappa shape index (κ2) is 5.31. The van der Waals surface area contributed by atoms with Crippen LogP contribution in [0.5, 0.6) is 0 Å². The maximum Gasteiger partial charge on any atom is 0.336 e. The third kappa shape index (κ3) is 3.25. The highest BCUT2D eigenvalue weighted by Gasteiger charge is 2.44. The van der Waals surface area contributed by atoms with Crippen molar-refractivity contribution in [3.8, 4) is 0 Å². The number of hydrogen-bond donors (Lipinski definition) is 2. The quantitative estimate of drug-likeness (QED) is 0.479. The van der Waals surface area contributed by atoms with Crippen LogP contribution in [0.1, 0.15) is 0 Å². The molecule has 1 aliphatic rings. The Labute approximate surface area is 103 Å². The Morgan fingerprint density at radius 1 is 1.44 bits per heavy atom. The molecule has 1 rings (SSSR count). The second-order valence-corrected chi connectivity index (χ2v) is 5.36. The molecule has 4 atom stereocenters. The summed E-state index contributed by atoms with van der Waals surface area (Å²) >= 11 is 0. The SMILES string of the molecule is COC(=O)C1=C[C@@H](O)[C@@H](O)[C@H](OS(C)(=O)=O)[C@H]1F. The summed E-state index contributed by atoms with van der Waals surface area (Å²) in [5, 5.41) is 18.9. The lowest BCUT2D eigenvalue weighted by Crippen LogP contribution is -2.50. The van der Waals surface area contributed by atoms with Crippen LogP contribution in [0.25, 0.3) is 0 Å². The first-order valence-electron chi connectivity index (χ1n) is 4.86. The second-order valence-electron chi connectivity index (χ2n) is 3.76. The Balaban J connectivity index is 3.07. The first-order valence-corrected chi connectivity index (χ1v) is 6.67. The van der Waals surface area contributed by atoms with E-state index in [9.17, 15) is 27.8 Å². The summed E-state index contributed by atoms with van der Waals surface area (Å²) in [6, 6.07) is 0. The van der Waals surface area contributed by atoms with Crippen LogP contribution in [0.2, 0.25) is 0 Å². The lowest BCUT2D eigenvalue weighted by Gasteiger charge is -2.32. The molecule has 0 aromatic rings. The fraction of sp³-hybridized carbons (Fsp3) is 0.667.